The molecule has 1 aliphatic carbocycles. The minimum Gasteiger partial charge on any atom is -0.393 e. The highest BCUT2D eigenvalue weighted by molar-refractivity contribution is 4.84. The second kappa shape index (κ2) is 7.46. The van der Waals surface area contributed by atoms with Crippen LogP contribution in [-0.4, -0.2) is 61.8 Å². The minimum atomic E-state index is -0.0972. The molecule has 108 valence electrons. The lowest BCUT2D eigenvalue weighted by Crippen LogP contribution is -2.41. The van der Waals surface area contributed by atoms with Crippen LogP contribution in [0, 0.1) is 17.8 Å². The van der Waals surface area contributed by atoms with Gasteiger partial charge in [0.1, 0.15) is 0 Å². The summed E-state index contributed by atoms with van der Waals surface area (Å²) in [4.78, 5) is 4.62. The molecule has 3 nitrogen and oxygen atoms in total. The Morgan fingerprint density at radius 1 is 1.06 bits per heavy atom. The molecule has 1 fully saturated rings. The molecule has 18 heavy (non-hydrogen) atoms. The first-order valence-corrected chi connectivity index (χ1v) is 7.41. The highest BCUT2D eigenvalue weighted by atomic mass is 16.3. The summed E-state index contributed by atoms with van der Waals surface area (Å²) >= 11 is 0. The predicted molar refractivity (Wildman–Crippen MR) is 77.7 cm³/mol. The van der Waals surface area contributed by atoms with Crippen LogP contribution >= 0.6 is 0 Å². The quantitative estimate of drug-likeness (QED) is 0.786. The van der Waals surface area contributed by atoms with E-state index in [4.69, 9.17) is 0 Å². The number of aliphatic hydroxyl groups excluding tert-OH is 1. The number of hydrogen-bond acceptors (Lipinski definition) is 3. The lowest BCUT2D eigenvalue weighted by Gasteiger charge is -2.39. The Morgan fingerprint density at radius 2 is 1.72 bits per heavy atom. The van der Waals surface area contributed by atoms with E-state index in [1.54, 1.807) is 0 Å². The molecule has 3 heteroatoms. The molecule has 1 N–H and O–H groups in total. The predicted octanol–water partition coefficient (Wildman–Crippen LogP) is 1.91. The van der Waals surface area contributed by atoms with Crippen LogP contribution in [-0.2, 0) is 0 Å². The molecule has 4 atom stereocenters. The monoisotopic (exact) mass is 256 g/mol. The normalized spacial score (nSPS) is 33.3. The summed E-state index contributed by atoms with van der Waals surface area (Å²) in [5.41, 5.74) is 0. The van der Waals surface area contributed by atoms with E-state index in [9.17, 15) is 5.11 Å². The molecule has 1 aliphatic rings. The van der Waals surface area contributed by atoms with E-state index < -0.39 is 0 Å². The van der Waals surface area contributed by atoms with Crippen molar-refractivity contribution in [1.82, 2.24) is 9.80 Å². The Morgan fingerprint density at radius 3 is 2.28 bits per heavy atom. The summed E-state index contributed by atoms with van der Waals surface area (Å²) in [6, 6.07) is 0. The topological polar surface area (TPSA) is 26.7 Å². The van der Waals surface area contributed by atoms with E-state index in [0.717, 1.165) is 26.1 Å². The van der Waals surface area contributed by atoms with Crippen molar-refractivity contribution >= 4 is 0 Å². The lowest BCUT2D eigenvalue weighted by molar-refractivity contribution is 0.00136. The third kappa shape index (κ3) is 5.25. The summed E-state index contributed by atoms with van der Waals surface area (Å²) in [5.74, 6) is 1.80. The van der Waals surface area contributed by atoms with Gasteiger partial charge in [-0.05, 0) is 65.3 Å². The van der Waals surface area contributed by atoms with Crippen molar-refractivity contribution in [3.8, 4) is 0 Å². The molecule has 0 radical (unpaired) electrons. The van der Waals surface area contributed by atoms with Gasteiger partial charge in [0.05, 0.1) is 6.10 Å². The van der Waals surface area contributed by atoms with Crippen LogP contribution in [0.15, 0.2) is 0 Å². The molecule has 1 rings (SSSR count). The molecule has 0 bridgehead atoms. The Labute approximate surface area is 113 Å². The zero-order chi connectivity index (χ0) is 13.7. The van der Waals surface area contributed by atoms with Gasteiger partial charge in [-0.15, -0.1) is 0 Å². The van der Waals surface area contributed by atoms with E-state index in [1.807, 2.05) is 0 Å². The molecular formula is C15H32N2O. The molecule has 0 aromatic rings. The number of hydrogen-bond donors (Lipinski definition) is 1. The average Bonchev–Trinajstić information content (AvgIpc) is 2.22. The number of rotatable bonds is 6. The fraction of sp³-hybridized carbons (Fsp3) is 1.00. The Hall–Kier alpha value is -0.120. The van der Waals surface area contributed by atoms with Crippen molar-refractivity contribution in [2.24, 2.45) is 17.8 Å². The maximum atomic E-state index is 10.2. The maximum absolute atomic E-state index is 10.2. The van der Waals surface area contributed by atoms with Gasteiger partial charge in [-0.25, -0.2) is 0 Å². The molecule has 0 saturated heterocycles. The van der Waals surface area contributed by atoms with Crippen molar-refractivity contribution in [2.75, 3.05) is 40.8 Å². The standard InChI is InChI=1S/C15H32N2O/c1-12-9-13(2)14(15(18)10-12)11-17(5)8-6-7-16(3)4/h12-15,18H,6-11H2,1-5H3. The van der Waals surface area contributed by atoms with Gasteiger partial charge in [-0.1, -0.05) is 13.8 Å². The van der Waals surface area contributed by atoms with Crippen LogP contribution in [0.25, 0.3) is 0 Å². The van der Waals surface area contributed by atoms with Crippen molar-refractivity contribution in [3.05, 3.63) is 0 Å². The molecule has 0 spiro atoms. The van der Waals surface area contributed by atoms with Crippen LogP contribution in [0.3, 0.4) is 0 Å². The second-order valence-corrected chi connectivity index (χ2v) is 6.70. The summed E-state index contributed by atoms with van der Waals surface area (Å²) in [6.45, 7) is 7.88. The molecule has 0 amide bonds. The summed E-state index contributed by atoms with van der Waals surface area (Å²) in [5, 5.41) is 10.2. The molecule has 4 unspecified atom stereocenters. The zero-order valence-corrected chi connectivity index (χ0v) is 12.9. The SMILES string of the molecule is CC1CC(C)C(CN(C)CCCN(C)C)C(O)C1. The third-order valence-corrected chi connectivity index (χ3v) is 4.31. The van der Waals surface area contributed by atoms with E-state index in [-0.39, 0.29) is 6.10 Å². The molecule has 0 heterocycles. The first kappa shape index (κ1) is 15.9. The molecule has 1 saturated carbocycles. The average molecular weight is 256 g/mol. The van der Waals surface area contributed by atoms with Crippen molar-refractivity contribution in [1.29, 1.82) is 0 Å². The second-order valence-electron chi connectivity index (χ2n) is 6.70. The van der Waals surface area contributed by atoms with Crippen LogP contribution in [0.4, 0.5) is 0 Å². The Kier molecular flexibility index (Phi) is 6.61. The van der Waals surface area contributed by atoms with Gasteiger partial charge in [0.2, 0.25) is 0 Å². The van der Waals surface area contributed by atoms with Gasteiger partial charge in [0.25, 0.3) is 0 Å². The van der Waals surface area contributed by atoms with Gasteiger partial charge in [-0.2, -0.15) is 0 Å². The molecular weight excluding hydrogens is 224 g/mol. The van der Waals surface area contributed by atoms with Gasteiger partial charge in [0, 0.05) is 12.5 Å². The summed E-state index contributed by atoms with van der Waals surface area (Å²) in [6.07, 6.45) is 3.37. The first-order valence-electron chi connectivity index (χ1n) is 7.41. The fourth-order valence-corrected chi connectivity index (χ4v) is 3.28. The zero-order valence-electron chi connectivity index (χ0n) is 12.9. The summed E-state index contributed by atoms with van der Waals surface area (Å²) < 4.78 is 0. The van der Waals surface area contributed by atoms with Crippen LogP contribution in [0.1, 0.15) is 33.1 Å². The first-order chi connectivity index (χ1) is 8.40. The molecule has 0 aliphatic heterocycles. The largest absolute Gasteiger partial charge is 0.393 e. The molecule has 0 aromatic carbocycles. The van der Waals surface area contributed by atoms with Gasteiger partial charge < -0.3 is 14.9 Å². The number of aliphatic hydroxyl groups is 1. The Balaban J connectivity index is 2.31. The highest BCUT2D eigenvalue weighted by Gasteiger charge is 2.33. The van der Waals surface area contributed by atoms with Crippen molar-refractivity contribution < 1.29 is 5.11 Å². The highest BCUT2D eigenvalue weighted by Crippen LogP contribution is 2.34. The summed E-state index contributed by atoms with van der Waals surface area (Å²) in [7, 11) is 6.43. The molecule has 0 aromatic heterocycles. The smallest absolute Gasteiger partial charge is 0.0585 e. The van der Waals surface area contributed by atoms with Gasteiger partial charge in [-0.3, -0.25) is 0 Å². The van der Waals surface area contributed by atoms with E-state index in [0.29, 0.717) is 17.8 Å². The lowest BCUT2D eigenvalue weighted by atomic mass is 9.73. The van der Waals surface area contributed by atoms with Crippen LogP contribution < -0.4 is 0 Å². The van der Waals surface area contributed by atoms with Crippen molar-refractivity contribution in [2.45, 2.75) is 39.2 Å². The van der Waals surface area contributed by atoms with E-state index in [2.05, 4.69) is 44.8 Å². The van der Waals surface area contributed by atoms with Crippen molar-refractivity contribution in [3.63, 3.8) is 0 Å². The van der Waals surface area contributed by atoms with Gasteiger partial charge in [0.15, 0.2) is 0 Å². The van der Waals surface area contributed by atoms with Crippen LogP contribution in [0.5, 0.6) is 0 Å². The fourth-order valence-electron chi connectivity index (χ4n) is 3.28. The van der Waals surface area contributed by atoms with E-state index >= 15 is 0 Å². The van der Waals surface area contributed by atoms with E-state index in [1.165, 1.54) is 12.8 Å². The number of nitrogens with zero attached hydrogens (tertiary/aromatic N) is 2. The third-order valence-electron chi connectivity index (χ3n) is 4.31. The van der Waals surface area contributed by atoms with Crippen LogP contribution in [0.2, 0.25) is 0 Å². The Bertz CT molecular complexity index is 221. The maximum Gasteiger partial charge on any atom is 0.0585 e. The minimum absolute atomic E-state index is 0.0972. The van der Waals surface area contributed by atoms with Gasteiger partial charge >= 0.3 is 0 Å².